The normalized spacial score (nSPS) is 10.5. The van der Waals surface area contributed by atoms with Crippen molar-refractivity contribution in [2.24, 2.45) is 0 Å². The Labute approximate surface area is 143 Å². The Morgan fingerprint density at radius 1 is 1.32 bits per heavy atom. The molecule has 3 rings (SSSR count). The van der Waals surface area contributed by atoms with Crippen molar-refractivity contribution < 1.29 is 18.3 Å². The predicted octanol–water partition coefficient (Wildman–Crippen LogP) is 3.06. The minimum atomic E-state index is -0.391. The molecule has 0 aliphatic carbocycles. The Morgan fingerprint density at radius 3 is 2.96 bits per heavy atom. The average Bonchev–Trinajstić information content (AvgIpc) is 3.09. The maximum absolute atomic E-state index is 13.1. The third-order valence-electron chi connectivity index (χ3n) is 3.42. The number of benzene rings is 1. The fourth-order valence-electron chi connectivity index (χ4n) is 2.21. The number of ether oxygens (including phenoxy) is 1. The highest BCUT2D eigenvalue weighted by molar-refractivity contribution is 5.91. The maximum Gasteiger partial charge on any atom is 0.275 e. The molecule has 0 aliphatic heterocycles. The highest BCUT2D eigenvalue weighted by Gasteiger charge is 2.17. The number of halogens is 1. The molecule has 0 atom stereocenters. The van der Waals surface area contributed by atoms with Crippen LogP contribution in [0.3, 0.4) is 0 Å². The van der Waals surface area contributed by atoms with Crippen LogP contribution in [0, 0.1) is 5.82 Å². The van der Waals surface area contributed by atoms with E-state index in [1.165, 1.54) is 23.3 Å². The van der Waals surface area contributed by atoms with Crippen molar-refractivity contribution in [3.8, 4) is 5.75 Å². The standard InChI is InChI=1S/C18H16FN3O3/c1-22(10-13-4-3-7-20-9-13)18(23)16-11-25-17(21-16)12-24-15-6-2-5-14(19)8-15/h2-9,11H,10,12H2,1H3. The predicted molar refractivity (Wildman–Crippen MR) is 87.3 cm³/mol. The van der Waals surface area contributed by atoms with Crippen LogP contribution in [0.25, 0.3) is 0 Å². The second-order valence-corrected chi connectivity index (χ2v) is 5.40. The van der Waals surface area contributed by atoms with Gasteiger partial charge in [0.2, 0.25) is 5.89 Å². The lowest BCUT2D eigenvalue weighted by Gasteiger charge is -2.15. The van der Waals surface area contributed by atoms with E-state index in [1.807, 2.05) is 12.1 Å². The molecule has 0 radical (unpaired) electrons. The van der Waals surface area contributed by atoms with Crippen molar-refractivity contribution in [2.75, 3.05) is 7.05 Å². The lowest BCUT2D eigenvalue weighted by Crippen LogP contribution is -2.26. The highest BCUT2D eigenvalue weighted by atomic mass is 19.1. The fourth-order valence-corrected chi connectivity index (χ4v) is 2.21. The molecule has 0 N–H and O–H groups in total. The first-order valence-electron chi connectivity index (χ1n) is 7.59. The number of carbonyl (C=O) groups is 1. The van der Waals surface area contributed by atoms with Gasteiger partial charge in [-0.2, -0.15) is 0 Å². The Bertz CT molecular complexity index is 852. The van der Waals surface area contributed by atoms with E-state index in [-0.39, 0.29) is 24.1 Å². The molecule has 128 valence electrons. The summed E-state index contributed by atoms with van der Waals surface area (Å²) in [4.78, 5) is 22.0. The summed E-state index contributed by atoms with van der Waals surface area (Å²) < 4.78 is 23.7. The second-order valence-electron chi connectivity index (χ2n) is 5.40. The van der Waals surface area contributed by atoms with Crippen LogP contribution in [-0.4, -0.2) is 27.8 Å². The molecular weight excluding hydrogens is 325 g/mol. The molecule has 25 heavy (non-hydrogen) atoms. The van der Waals surface area contributed by atoms with E-state index in [9.17, 15) is 9.18 Å². The average molecular weight is 341 g/mol. The minimum absolute atomic E-state index is 0.00303. The quantitative estimate of drug-likeness (QED) is 0.689. The molecule has 2 heterocycles. The first-order valence-corrected chi connectivity index (χ1v) is 7.59. The lowest BCUT2D eigenvalue weighted by molar-refractivity contribution is 0.0779. The molecule has 0 bridgehead atoms. The molecule has 1 amide bonds. The monoisotopic (exact) mass is 341 g/mol. The number of hydrogen-bond acceptors (Lipinski definition) is 5. The van der Waals surface area contributed by atoms with Crippen molar-refractivity contribution in [1.82, 2.24) is 14.9 Å². The van der Waals surface area contributed by atoms with Crippen LogP contribution in [-0.2, 0) is 13.2 Å². The Hall–Kier alpha value is -3.22. The number of rotatable bonds is 6. The van der Waals surface area contributed by atoms with Gasteiger partial charge < -0.3 is 14.1 Å². The van der Waals surface area contributed by atoms with Gasteiger partial charge in [0.15, 0.2) is 12.3 Å². The zero-order valence-corrected chi connectivity index (χ0v) is 13.6. The van der Waals surface area contributed by atoms with Crippen LogP contribution in [0.5, 0.6) is 5.75 Å². The summed E-state index contributed by atoms with van der Waals surface area (Å²) in [6, 6.07) is 9.45. The van der Waals surface area contributed by atoms with Gasteiger partial charge in [-0.15, -0.1) is 0 Å². The topological polar surface area (TPSA) is 68.5 Å². The minimum Gasteiger partial charge on any atom is -0.484 e. The van der Waals surface area contributed by atoms with E-state index in [2.05, 4.69) is 9.97 Å². The van der Waals surface area contributed by atoms with Crippen molar-refractivity contribution >= 4 is 5.91 Å². The molecule has 0 fully saturated rings. The van der Waals surface area contributed by atoms with E-state index in [0.717, 1.165) is 5.56 Å². The first kappa shape index (κ1) is 16.6. The molecule has 0 saturated carbocycles. The van der Waals surface area contributed by atoms with E-state index in [1.54, 1.807) is 31.6 Å². The van der Waals surface area contributed by atoms with Gasteiger partial charge in [0.25, 0.3) is 5.91 Å². The van der Waals surface area contributed by atoms with E-state index in [0.29, 0.717) is 12.3 Å². The van der Waals surface area contributed by atoms with E-state index >= 15 is 0 Å². The number of aromatic nitrogens is 2. The largest absolute Gasteiger partial charge is 0.484 e. The molecule has 1 aromatic carbocycles. The molecule has 0 saturated heterocycles. The van der Waals surface area contributed by atoms with Crippen LogP contribution >= 0.6 is 0 Å². The fraction of sp³-hybridized carbons (Fsp3) is 0.167. The first-order chi connectivity index (χ1) is 12.1. The zero-order chi connectivity index (χ0) is 17.6. The third kappa shape index (κ3) is 4.41. The van der Waals surface area contributed by atoms with Crippen LogP contribution in [0.15, 0.2) is 59.5 Å². The van der Waals surface area contributed by atoms with Crippen molar-refractivity contribution in [3.05, 3.63) is 78.0 Å². The summed E-state index contributed by atoms with van der Waals surface area (Å²) in [7, 11) is 1.67. The molecule has 3 aromatic rings. The summed E-state index contributed by atoms with van der Waals surface area (Å²) >= 11 is 0. The van der Waals surface area contributed by atoms with Crippen LogP contribution < -0.4 is 4.74 Å². The van der Waals surface area contributed by atoms with Gasteiger partial charge >= 0.3 is 0 Å². The summed E-state index contributed by atoms with van der Waals surface area (Å²) in [5.74, 6) is -0.0652. The molecule has 0 unspecified atom stereocenters. The summed E-state index contributed by atoms with van der Waals surface area (Å²) in [6.45, 7) is 0.414. The molecule has 0 aliphatic rings. The van der Waals surface area contributed by atoms with Crippen molar-refractivity contribution in [2.45, 2.75) is 13.2 Å². The van der Waals surface area contributed by atoms with Gasteiger partial charge in [-0.05, 0) is 23.8 Å². The lowest BCUT2D eigenvalue weighted by atomic mass is 10.2. The Balaban J connectivity index is 1.59. The molecule has 0 spiro atoms. The maximum atomic E-state index is 13.1. The van der Waals surface area contributed by atoms with Gasteiger partial charge in [0.1, 0.15) is 17.8 Å². The van der Waals surface area contributed by atoms with Gasteiger partial charge in [-0.25, -0.2) is 9.37 Å². The molecule has 2 aromatic heterocycles. The van der Waals surface area contributed by atoms with Gasteiger partial charge in [0.05, 0.1) is 0 Å². The SMILES string of the molecule is CN(Cc1cccnc1)C(=O)c1coc(COc2cccc(F)c2)n1. The van der Waals surface area contributed by atoms with Gasteiger partial charge in [-0.3, -0.25) is 9.78 Å². The van der Waals surface area contributed by atoms with Crippen LogP contribution in [0.4, 0.5) is 4.39 Å². The van der Waals surface area contributed by atoms with Gasteiger partial charge in [0, 0.05) is 32.1 Å². The summed E-state index contributed by atoms with van der Waals surface area (Å²) in [5.41, 5.74) is 1.10. The number of amides is 1. The Morgan fingerprint density at radius 2 is 2.20 bits per heavy atom. The van der Waals surface area contributed by atoms with Gasteiger partial charge in [-0.1, -0.05) is 12.1 Å². The van der Waals surface area contributed by atoms with Crippen LogP contribution in [0.2, 0.25) is 0 Å². The zero-order valence-electron chi connectivity index (χ0n) is 13.6. The number of nitrogens with zero attached hydrogens (tertiary/aromatic N) is 3. The second kappa shape index (κ2) is 7.57. The summed E-state index contributed by atoms with van der Waals surface area (Å²) in [6.07, 6.45) is 4.66. The van der Waals surface area contributed by atoms with Crippen LogP contribution in [0.1, 0.15) is 21.9 Å². The molecule has 7 heteroatoms. The molecular formula is C18H16FN3O3. The number of carbonyl (C=O) groups excluding carboxylic acids is 1. The Kier molecular flexibility index (Phi) is 5.03. The molecule has 6 nitrogen and oxygen atoms in total. The number of pyridine rings is 1. The smallest absolute Gasteiger partial charge is 0.275 e. The van der Waals surface area contributed by atoms with Crippen molar-refractivity contribution in [3.63, 3.8) is 0 Å². The number of hydrogen-bond donors (Lipinski definition) is 0. The third-order valence-corrected chi connectivity index (χ3v) is 3.42. The van der Waals surface area contributed by atoms with E-state index < -0.39 is 5.82 Å². The van der Waals surface area contributed by atoms with E-state index in [4.69, 9.17) is 9.15 Å². The van der Waals surface area contributed by atoms with Crippen molar-refractivity contribution in [1.29, 1.82) is 0 Å². The summed E-state index contributed by atoms with van der Waals surface area (Å²) in [5, 5.41) is 0. The highest BCUT2D eigenvalue weighted by Crippen LogP contribution is 2.15. The number of oxazole rings is 1.